The van der Waals surface area contributed by atoms with Crippen LogP contribution in [0.2, 0.25) is 0 Å². The van der Waals surface area contributed by atoms with Gasteiger partial charge in [-0.05, 0) is 64.5 Å². The molecule has 0 aromatic rings. The molecule has 0 aliphatic rings. The molecule has 0 aromatic carbocycles. The molecule has 0 amide bonds. The van der Waals surface area contributed by atoms with Crippen LogP contribution in [0, 0.1) is 22.7 Å². The first kappa shape index (κ1) is 63.8. The number of carbonyl (C=O) groups excluding carboxylic acids is 3. The summed E-state index contributed by atoms with van der Waals surface area (Å²) in [4.78, 5) is 42.6. The largest absolute Gasteiger partial charge is 0.462 e. The van der Waals surface area contributed by atoms with Crippen LogP contribution >= 0.6 is 0 Å². The van der Waals surface area contributed by atoms with Gasteiger partial charge in [-0.1, -0.05) is 261 Å². The summed E-state index contributed by atoms with van der Waals surface area (Å²) < 4.78 is 6.12. The fourth-order valence-electron chi connectivity index (χ4n) is 9.96. The number of carbonyl (C=O) groups is 3. The molecule has 0 rings (SSSR count). The maximum atomic E-state index is 13.8. The molecule has 0 radical (unpaired) electrons. The number of unbranched alkanes of at least 4 members (excludes halogenated alkanes) is 24. The van der Waals surface area contributed by atoms with E-state index in [2.05, 4.69) is 55.4 Å². The van der Waals surface area contributed by atoms with Crippen molar-refractivity contribution in [2.24, 2.45) is 22.7 Å². The molecule has 0 bridgehead atoms. The van der Waals surface area contributed by atoms with Crippen LogP contribution in [0.25, 0.3) is 0 Å². The van der Waals surface area contributed by atoms with Crippen molar-refractivity contribution in [1.82, 2.24) is 4.90 Å². The van der Waals surface area contributed by atoms with E-state index in [0.717, 1.165) is 77.0 Å². The normalized spacial score (nSPS) is 12.4. The van der Waals surface area contributed by atoms with Crippen LogP contribution in [0.4, 0.5) is 0 Å². The quantitative estimate of drug-likeness (QED) is 0.0449. The first-order valence-corrected chi connectivity index (χ1v) is 29.1. The number of hydrogen-bond donors (Lipinski definition) is 0. The van der Waals surface area contributed by atoms with Gasteiger partial charge in [-0.3, -0.25) is 14.4 Å². The molecule has 0 spiro atoms. The van der Waals surface area contributed by atoms with Gasteiger partial charge in [0.05, 0.1) is 6.42 Å². The average Bonchev–Trinajstić information content (AvgIpc) is 3.26. The Morgan fingerprint density at radius 2 is 0.677 bits per heavy atom. The van der Waals surface area contributed by atoms with Crippen LogP contribution in [0.5, 0.6) is 0 Å². The minimum absolute atomic E-state index is 0.0525. The monoisotopic (exact) mass is 916 g/mol. The van der Waals surface area contributed by atoms with Crippen LogP contribution in [0.15, 0.2) is 0 Å². The van der Waals surface area contributed by atoms with Gasteiger partial charge in [0.15, 0.2) is 0 Å². The maximum Gasteiger partial charge on any atom is 0.307 e. The van der Waals surface area contributed by atoms with E-state index in [9.17, 15) is 14.4 Å². The van der Waals surface area contributed by atoms with Gasteiger partial charge in [-0.15, -0.1) is 0 Å². The molecular weight excluding hydrogens is 799 g/mol. The van der Waals surface area contributed by atoms with Gasteiger partial charge in [0.1, 0.15) is 17.7 Å². The first-order valence-electron chi connectivity index (χ1n) is 29.1. The van der Waals surface area contributed by atoms with Gasteiger partial charge in [0.2, 0.25) is 0 Å². The minimum Gasteiger partial charge on any atom is -0.462 e. The lowest BCUT2D eigenvalue weighted by atomic mass is 9.77. The van der Waals surface area contributed by atoms with E-state index in [4.69, 9.17) is 4.74 Å². The van der Waals surface area contributed by atoms with Crippen LogP contribution in [0.3, 0.4) is 0 Å². The van der Waals surface area contributed by atoms with Gasteiger partial charge >= 0.3 is 5.97 Å². The summed E-state index contributed by atoms with van der Waals surface area (Å²) in [5.74, 6) is 1.94. The Bertz CT molecular complexity index is 993. The van der Waals surface area contributed by atoms with Gasteiger partial charge in [-0.25, -0.2) is 0 Å². The highest BCUT2D eigenvalue weighted by atomic mass is 16.5. The van der Waals surface area contributed by atoms with Gasteiger partial charge in [0.25, 0.3) is 0 Å². The summed E-state index contributed by atoms with van der Waals surface area (Å²) in [6.45, 7) is 18.6. The molecule has 0 aromatic heterocycles. The van der Waals surface area contributed by atoms with Crippen LogP contribution in [0.1, 0.15) is 319 Å². The molecule has 0 aliphatic carbocycles. The van der Waals surface area contributed by atoms with Gasteiger partial charge < -0.3 is 9.64 Å². The molecule has 0 aliphatic heterocycles. The van der Waals surface area contributed by atoms with Crippen LogP contribution < -0.4 is 0 Å². The zero-order valence-corrected chi connectivity index (χ0v) is 46.0. The van der Waals surface area contributed by atoms with Crippen molar-refractivity contribution in [3.8, 4) is 0 Å². The topological polar surface area (TPSA) is 63.7 Å². The van der Waals surface area contributed by atoms with E-state index < -0.39 is 0 Å². The molecule has 0 unspecified atom stereocenters. The third kappa shape index (κ3) is 38.3. The van der Waals surface area contributed by atoms with Crippen LogP contribution in [-0.4, -0.2) is 49.2 Å². The highest BCUT2D eigenvalue weighted by Crippen LogP contribution is 2.33. The highest BCUT2D eigenvalue weighted by Gasteiger charge is 2.30. The summed E-state index contributed by atoms with van der Waals surface area (Å²) in [5, 5.41) is 0. The summed E-state index contributed by atoms with van der Waals surface area (Å²) in [7, 11) is 4.00. The second-order valence-electron chi connectivity index (χ2n) is 22.8. The zero-order valence-electron chi connectivity index (χ0n) is 46.0. The van der Waals surface area contributed by atoms with E-state index >= 15 is 0 Å². The lowest BCUT2D eigenvalue weighted by molar-refractivity contribution is -0.150. The van der Waals surface area contributed by atoms with Crippen molar-refractivity contribution < 1.29 is 19.1 Å². The number of rotatable bonds is 50. The standard InChI is InChI=1S/C60H117NO4/c1-11-15-19-23-27-33-41-53(42-34-28-24-20-16-12-2)51-56(62)59(5,6)48-39-31-37-45-55(65-58(64)47-50-61(9)10)46-38-32-40-49-60(7,8)57(63)52-54(43-35-29-25-21-17-13-3)44-36-30-26-22-18-14-4/h53-55H,11-52H2,1-10H3. The van der Waals surface area contributed by atoms with Crippen LogP contribution in [-0.2, 0) is 19.1 Å². The van der Waals surface area contributed by atoms with Crippen molar-refractivity contribution in [3.63, 3.8) is 0 Å². The number of hydrogen-bond acceptors (Lipinski definition) is 5. The molecule has 0 saturated heterocycles. The Balaban J connectivity index is 5.11. The lowest BCUT2D eigenvalue weighted by Gasteiger charge is -2.27. The number of Topliss-reactive ketones (excluding diaryl/α,β-unsaturated/α-hetero) is 2. The van der Waals surface area contributed by atoms with Crippen molar-refractivity contribution in [2.75, 3.05) is 20.6 Å². The van der Waals surface area contributed by atoms with E-state index in [0.29, 0.717) is 36.4 Å². The van der Waals surface area contributed by atoms with Crippen molar-refractivity contribution in [3.05, 3.63) is 0 Å². The number of nitrogens with zero attached hydrogens (tertiary/aromatic N) is 1. The van der Waals surface area contributed by atoms with E-state index in [1.807, 2.05) is 19.0 Å². The number of ether oxygens (including phenoxy) is 1. The Kier molecular flexibility index (Phi) is 42.0. The molecule has 0 heterocycles. The SMILES string of the molecule is CCCCCCCCC(CCCCCCCC)CC(=O)C(C)(C)CCCCCC(CCCCCC(C)(C)C(=O)CC(CCCCCCCC)CCCCCCCC)OC(=O)CCN(C)C. The third-order valence-electron chi connectivity index (χ3n) is 15.0. The lowest BCUT2D eigenvalue weighted by Crippen LogP contribution is -2.26. The molecule has 5 nitrogen and oxygen atoms in total. The number of ketones is 2. The summed E-state index contributed by atoms with van der Waals surface area (Å²) in [5.41, 5.74) is -0.563. The summed E-state index contributed by atoms with van der Waals surface area (Å²) in [6.07, 6.45) is 48.3. The summed E-state index contributed by atoms with van der Waals surface area (Å²) in [6, 6.07) is 0. The molecule has 0 fully saturated rings. The minimum atomic E-state index is -0.281. The molecular formula is C60H117NO4. The molecule has 0 N–H and O–H groups in total. The molecule has 386 valence electrons. The Morgan fingerprint density at radius 3 is 0.985 bits per heavy atom. The van der Waals surface area contributed by atoms with Gasteiger partial charge in [0, 0.05) is 30.2 Å². The second-order valence-corrected chi connectivity index (χ2v) is 22.8. The van der Waals surface area contributed by atoms with E-state index in [1.165, 1.54) is 180 Å². The van der Waals surface area contributed by atoms with Gasteiger partial charge in [-0.2, -0.15) is 0 Å². The first-order chi connectivity index (χ1) is 31.2. The predicted octanol–water partition coefficient (Wildman–Crippen LogP) is 19.0. The van der Waals surface area contributed by atoms with Crippen molar-refractivity contribution in [2.45, 2.75) is 325 Å². The Hall–Kier alpha value is -1.23. The van der Waals surface area contributed by atoms with Crippen molar-refractivity contribution in [1.29, 1.82) is 0 Å². The van der Waals surface area contributed by atoms with E-state index in [1.54, 1.807) is 0 Å². The Morgan fingerprint density at radius 1 is 0.400 bits per heavy atom. The molecule has 0 atom stereocenters. The molecule has 65 heavy (non-hydrogen) atoms. The second kappa shape index (κ2) is 42.8. The number of esters is 1. The fourth-order valence-corrected chi connectivity index (χ4v) is 9.96. The smallest absolute Gasteiger partial charge is 0.307 e. The van der Waals surface area contributed by atoms with E-state index in [-0.39, 0.29) is 22.9 Å². The predicted molar refractivity (Wildman–Crippen MR) is 285 cm³/mol. The zero-order chi connectivity index (χ0) is 48.4. The third-order valence-corrected chi connectivity index (χ3v) is 15.0. The highest BCUT2D eigenvalue weighted by molar-refractivity contribution is 5.84. The average molecular weight is 917 g/mol. The molecule has 0 saturated carbocycles. The molecule has 5 heteroatoms. The maximum absolute atomic E-state index is 13.8. The fraction of sp³-hybridized carbons (Fsp3) is 0.950. The summed E-state index contributed by atoms with van der Waals surface area (Å²) >= 11 is 0. The van der Waals surface area contributed by atoms with Crippen molar-refractivity contribution >= 4 is 17.5 Å². The Labute approximate surface area is 408 Å².